The van der Waals surface area contributed by atoms with Gasteiger partial charge in [0.05, 0.1) is 10.8 Å². The lowest BCUT2D eigenvalue weighted by molar-refractivity contribution is 0.797. The maximum atomic E-state index is 2.47. The van der Waals surface area contributed by atoms with Crippen molar-refractivity contribution in [2.24, 2.45) is 0 Å². The van der Waals surface area contributed by atoms with Gasteiger partial charge in [-0.2, -0.15) is 0 Å². The maximum absolute atomic E-state index is 2.47. The number of hydrogen-bond acceptors (Lipinski definition) is 0. The van der Waals surface area contributed by atoms with E-state index in [1.165, 1.54) is 165 Å². The molecule has 18 rings (SSSR count). The van der Waals surface area contributed by atoms with Crippen molar-refractivity contribution in [1.82, 2.24) is 0 Å². The highest BCUT2D eigenvalue weighted by Crippen LogP contribution is 2.65. The van der Waals surface area contributed by atoms with Crippen LogP contribution in [0.1, 0.15) is 44.5 Å². The molecule has 0 fully saturated rings. The van der Waals surface area contributed by atoms with Crippen molar-refractivity contribution in [3.05, 3.63) is 299 Å². The van der Waals surface area contributed by atoms with Crippen LogP contribution in [0.15, 0.2) is 255 Å². The molecule has 14 aromatic rings. The van der Waals surface area contributed by atoms with Crippen LogP contribution in [-0.2, 0) is 10.8 Å². The van der Waals surface area contributed by atoms with Crippen LogP contribution >= 0.6 is 0 Å². The Balaban J connectivity index is 0.754. The second-order valence-electron chi connectivity index (χ2n) is 21.3. The molecule has 0 atom stereocenters. The zero-order valence-electron chi connectivity index (χ0n) is 40.2. The molecular formula is C74H42. The van der Waals surface area contributed by atoms with Gasteiger partial charge in [-0.05, 0) is 189 Å². The van der Waals surface area contributed by atoms with Crippen molar-refractivity contribution in [2.45, 2.75) is 10.8 Å². The fourth-order valence-corrected chi connectivity index (χ4v) is 15.5. The first-order valence-corrected chi connectivity index (χ1v) is 26.2. The van der Waals surface area contributed by atoms with Crippen molar-refractivity contribution in [1.29, 1.82) is 0 Å². The molecule has 74 heavy (non-hydrogen) atoms. The Morgan fingerprint density at radius 1 is 0.162 bits per heavy atom. The minimum absolute atomic E-state index is 0.398. The Hall–Kier alpha value is -9.36. The van der Waals surface area contributed by atoms with Gasteiger partial charge in [-0.15, -0.1) is 0 Å². The molecule has 0 heteroatoms. The summed E-state index contributed by atoms with van der Waals surface area (Å²) >= 11 is 0. The van der Waals surface area contributed by atoms with Crippen LogP contribution in [-0.4, -0.2) is 0 Å². The normalized spacial score (nSPS) is 14.4. The van der Waals surface area contributed by atoms with E-state index in [-0.39, 0.29) is 0 Å². The third-order valence-electron chi connectivity index (χ3n) is 18.2. The predicted octanol–water partition coefficient (Wildman–Crippen LogP) is 19.0. The van der Waals surface area contributed by atoms with Crippen LogP contribution in [0.4, 0.5) is 0 Å². The summed E-state index contributed by atoms with van der Waals surface area (Å²) in [7, 11) is 0. The fourth-order valence-electron chi connectivity index (χ4n) is 15.5. The first kappa shape index (κ1) is 39.3. The molecule has 0 aromatic heterocycles. The van der Waals surface area contributed by atoms with Gasteiger partial charge in [0.2, 0.25) is 0 Å². The second-order valence-corrected chi connectivity index (χ2v) is 21.3. The topological polar surface area (TPSA) is 0 Å². The van der Waals surface area contributed by atoms with Gasteiger partial charge in [0.1, 0.15) is 0 Å². The van der Waals surface area contributed by atoms with Gasteiger partial charge in [0.25, 0.3) is 0 Å². The molecule has 4 aliphatic carbocycles. The minimum atomic E-state index is -0.398. The zero-order valence-corrected chi connectivity index (χ0v) is 40.2. The van der Waals surface area contributed by atoms with Crippen molar-refractivity contribution >= 4 is 64.6 Å². The predicted molar refractivity (Wildman–Crippen MR) is 310 cm³/mol. The lowest BCUT2D eigenvalue weighted by atomic mass is 9.70. The molecule has 0 aliphatic heterocycles. The van der Waals surface area contributed by atoms with Crippen LogP contribution < -0.4 is 0 Å². The van der Waals surface area contributed by atoms with Crippen LogP contribution in [0.5, 0.6) is 0 Å². The largest absolute Gasteiger partial charge is 0.0725 e. The molecule has 338 valence electrons. The smallest absolute Gasteiger partial charge is 0.0619 e. The number of hydrogen-bond donors (Lipinski definition) is 0. The fraction of sp³-hybridized carbons (Fsp3) is 0.0270. The Kier molecular flexibility index (Phi) is 7.31. The van der Waals surface area contributed by atoms with E-state index in [4.69, 9.17) is 0 Å². The molecule has 4 aliphatic rings. The van der Waals surface area contributed by atoms with Crippen molar-refractivity contribution in [2.75, 3.05) is 0 Å². The van der Waals surface area contributed by atoms with E-state index >= 15 is 0 Å². The average molecular weight is 931 g/mol. The van der Waals surface area contributed by atoms with Gasteiger partial charge in [-0.3, -0.25) is 0 Å². The summed E-state index contributed by atoms with van der Waals surface area (Å²) in [6.45, 7) is 0. The number of rotatable bonds is 3. The van der Waals surface area contributed by atoms with Gasteiger partial charge in [0.15, 0.2) is 0 Å². The molecule has 0 saturated carbocycles. The van der Waals surface area contributed by atoms with Crippen molar-refractivity contribution in [3.63, 3.8) is 0 Å². The second kappa shape index (κ2) is 13.8. The maximum Gasteiger partial charge on any atom is 0.0725 e. The Morgan fingerprint density at radius 3 is 0.770 bits per heavy atom. The van der Waals surface area contributed by atoms with Gasteiger partial charge in [0, 0.05) is 0 Å². The first-order valence-electron chi connectivity index (χ1n) is 26.2. The molecule has 0 heterocycles. The Bertz CT molecular complexity index is 4430. The van der Waals surface area contributed by atoms with Crippen molar-refractivity contribution in [3.8, 4) is 55.6 Å². The third kappa shape index (κ3) is 4.55. The molecule has 0 saturated heterocycles. The highest BCUT2D eigenvalue weighted by Gasteiger charge is 2.52. The van der Waals surface area contributed by atoms with Gasteiger partial charge in [-0.1, -0.05) is 231 Å². The highest BCUT2D eigenvalue weighted by molar-refractivity contribution is 6.31. The molecule has 0 bridgehead atoms. The zero-order chi connectivity index (χ0) is 48.0. The molecular weight excluding hydrogens is 889 g/mol. The van der Waals surface area contributed by atoms with E-state index in [0.717, 1.165) is 0 Å². The quantitative estimate of drug-likeness (QED) is 0.155. The number of benzene rings is 14. The molecule has 0 unspecified atom stereocenters. The van der Waals surface area contributed by atoms with Gasteiger partial charge < -0.3 is 0 Å². The van der Waals surface area contributed by atoms with Crippen LogP contribution in [0.2, 0.25) is 0 Å². The van der Waals surface area contributed by atoms with Crippen LogP contribution in [0.3, 0.4) is 0 Å². The number of fused-ring (bicyclic) bond motifs is 20. The third-order valence-corrected chi connectivity index (χ3v) is 18.2. The summed E-state index contributed by atoms with van der Waals surface area (Å²) < 4.78 is 0. The minimum Gasteiger partial charge on any atom is -0.0619 e. The van der Waals surface area contributed by atoms with E-state index in [1.54, 1.807) is 0 Å². The lowest BCUT2D eigenvalue weighted by Crippen LogP contribution is -2.26. The summed E-state index contributed by atoms with van der Waals surface area (Å²) in [5.41, 5.74) is 22.9. The lowest BCUT2D eigenvalue weighted by Gasteiger charge is -2.31. The summed E-state index contributed by atoms with van der Waals surface area (Å²) in [4.78, 5) is 0. The van der Waals surface area contributed by atoms with Crippen molar-refractivity contribution < 1.29 is 0 Å². The molecule has 0 amide bonds. The van der Waals surface area contributed by atoms with E-state index < -0.39 is 10.8 Å². The molecule has 0 N–H and O–H groups in total. The van der Waals surface area contributed by atoms with E-state index in [1.807, 2.05) is 0 Å². The molecule has 14 aromatic carbocycles. The van der Waals surface area contributed by atoms with Gasteiger partial charge >= 0.3 is 0 Å². The summed E-state index contributed by atoms with van der Waals surface area (Å²) in [6.07, 6.45) is 0. The van der Waals surface area contributed by atoms with Gasteiger partial charge in [-0.25, -0.2) is 0 Å². The highest BCUT2D eigenvalue weighted by atomic mass is 14.5. The van der Waals surface area contributed by atoms with E-state index in [2.05, 4.69) is 255 Å². The van der Waals surface area contributed by atoms with E-state index in [9.17, 15) is 0 Å². The summed E-state index contributed by atoms with van der Waals surface area (Å²) in [6, 6.07) is 97.4. The molecule has 2 spiro atoms. The summed E-state index contributed by atoms with van der Waals surface area (Å²) in [5.74, 6) is 0. The molecule has 0 radical (unpaired) electrons. The Labute approximate surface area is 428 Å². The standard InChI is InChI=1S/C74H42/c1-2-20-50-49(19-1)55-25-11-31-65-69(55)70-56(50)26-12-32-66(70)73(65)61-29-7-5-23-53(61)59-41-47(35-37-63(59)73)45-17-9-15-43(39-45)44-16-10-18-46(40-44)48-36-38-64-60(42-48)54-24-6-8-30-62(54)74(64)67-33-13-27-57-51-21-3-4-22-52(51)58-28-14-34-68(74)72(58)71(57)67/h1-42H. The van der Waals surface area contributed by atoms with Crippen LogP contribution in [0.25, 0.3) is 120 Å². The average Bonchev–Trinajstić information content (AvgIpc) is 4.34. The summed E-state index contributed by atoms with van der Waals surface area (Å²) in [5, 5.41) is 16.3. The SMILES string of the molecule is c1cc(-c2cccc(-c3ccc4c(c3)-c3ccccc3C43c4cccc5c6ccccc6c6cccc3c6c45)c2)cc(-c2ccc3c(c2)-c2ccccc2C32c3cccc4c5ccccc5c5cccc2c5c34)c1. The van der Waals surface area contributed by atoms with E-state index in [0.29, 0.717) is 0 Å². The Morgan fingerprint density at radius 2 is 0.419 bits per heavy atom. The molecule has 0 nitrogen and oxygen atoms in total. The van der Waals surface area contributed by atoms with Crippen LogP contribution in [0, 0.1) is 0 Å². The first-order chi connectivity index (χ1) is 36.7. The monoisotopic (exact) mass is 930 g/mol.